The molecule has 0 aliphatic heterocycles. The van der Waals surface area contributed by atoms with Crippen LogP contribution in [-0.2, 0) is 14.8 Å². The molecule has 5 nitrogen and oxygen atoms in total. The monoisotopic (exact) mass is 299 g/mol. The Hall–Kier alpha value is -1.24. The number of sulfonamides is 1. The molecule has 20 heavy (non-hydrogen) atoms. The highest BCUT2D eigenvalue weighted by Gasteiger charge is 2.15. The predicted molar refractivity (Wildman–Crippen MR) is 77.4 cm³/mol. The first-order chi connectivity index (χ1) is 9.51. The Labute approximate surface area is 120 Å². The number of Topliss-reactive ketones (excluding diaryl/α,β-unsaturated/α-hetero) is 1. The number of carbonyl (C=O) groups excluding carboxylic acids is 1. The van der Waals surface area contributed by atoms with E-state index in [1.165, 1.54) is 12.1 Å². The van der Waals surface area contributed by atoms with Crippen molar-refractivity contribution in [2.24, 2.45) is 0 Å². The molecule has 1 rings (SSSR count). The predicted octanol–water partition coefficient (Wildman–Crippen LogP) is 1.98. The van der Waals surface area contributed by atoms with E-state index < -0.39 is 10.0 Å². The van der Waals surface area contributed by atoms with Gasteiger partial charge in [-0.05, 0) is 25.5 Å². The van der Waals surface area contributed by atoms with Crippen molar-refractivity contribution in [1.29, 1.82) is 0 Å². The highest BCUT2D eigenvalue weighted by atomic mass is 32.2. The van der Waals surface area contributed by atoms with E-state index in [4.69, 9.17) is 4.74 Å². The Morgan fingerprint density at radius 1 is 1.30 bits per heavy atom. The zero-order valence-corrected chi connectivity index (χ0v) is 12.7. The van der Waals surface area contributed by atoms with Crippen molar-refractivity contribution in [1.82, 2.24) is 4.72 Å². The number of carbonyl (C=O) groups is 1. The fourth-order valence-corrected chi connectivity index (χ4v) is 2.77. The van der Waals surface area contributed by atoms with Crippen LogP contribution in [0.2, 0.25) is 0 Å². The summed E-state index contributed by atoms with van der Waals surface area (Å²) < 4.78 is 31.8. The molecule has 0 aliphatic rings. The van der Waals surface area contributed by atoms with Crippen LogP contribution in [0.3, 0.4) is 0 Å². The van der Waals surface area contributed by atoms with Gasteiger partial charge in [0.15, 0.2) is 5.78 Å². The molecule has 1 aromatic rings. The summed E-state index contributed by atoms with van der Waals surface area (Å²) in [6.07, 6.45) is 0.964. The fourth-order valence-electron chi connectivity index (χ4n) is 1.65. The molecule has 112 valence electrons. The maximum atomic E-state index is 12.1. The lowest BCUT2D eigenvalue weighted by molar-refractivity contribution is 0.0988. The average Bonchev–Trinajstić information content (AvgIpc) is 2.46. The zero-order valence-electron chi connectivity index (χ0n) is 11.9. The van der Waals surface area contributed by atoms with Crippen LogP contribution in [0.1, 0.15) is 37.0 Å². The lowest BCUT2D eigenvalue weighted by Gasteiger charge is -2.08. The number of nitrogens with one attached hydrogen (secondary N) is 1. The molecule has 1 aromatic carbocycles. The van der Waals surface area contributed by atoms with Crippen molar-refractivity contribution >= 4 is 15.8 Å². The maximum Gasteiger partial charge on any atom is 0.240 e. The summed E-state index contributed by atoms with van der Waals surface area (Å²) in [5.41, 5.74) is 0.421. The summed E-state index contributed by atoms with van der Waals surface area (Å²) in [5, 5.41) is 0. The third kappa shape index (κ3) is 5.03. The molecule has 0 saturated heterocycles. The Kier molecular flexibility index (Phi) is 6.84. The van der Waals surface area contributed by atoms with Gasteiger partial charge in [0, 0.05) is 31.7 Å². The molecular formula is C14H21NO4S. The number of rotatable bonds is 9. The molecule has 0 saturated carbocycles. The lowest BCUT2D eigenvalue weighted by Crippen LogP contribution is -2.25. The van der Waals surface area contributed by atoms with E-state index in [1.807, 2.05) is 6.92 Å². The normalized spacial score (nSPS) is 11.5. The second-order valence-electron chi connectivity index (χ2n) is 4.25. The zero-order chi connectivity index (χ0) is 15.0. The lowest BCUT2D eigenvalue weighted by atomic mass is 10.1. The van der Waals surface area contributed by atoms with Crippen LogP contribution >= 0.6 is 0 Å². The number of ether oxygens (including phenoxy) is 1. The molecule has 0 aromatic heterocycles. The molecule has 0 heterocycles. The van der Waals surface area contributed by atoms with Gasteiger partial charge in [0.2, 0.25) is 10.0 Å². The van der Waals surface area contributed by atoms with Crippen LogP contribution in [0.5, 0.6) is 0 Å². The number of hydrogen-bond acceptors (Lipinski definition) is 4. The molecule has 6 heteroatoms. The van der Waals surface area contributed by atoms with Crippen molar-refractivity contribution in [2.45, 2.75) is 31.6 Å². The highest BCUT2D eigenvalue weighted by Crippen LogP contribution is 2.13. The van der Waals surface area contributed by atoms with E-state index in [1.54, 1.807) is 19.1 Å². The Balaban J connectivity index is 2.70. The quantitative estimate of drug-likeness (QED) is 0.559. The highest BCUT2D eigenvalue weighted by molar-refractivity contribution is 7.89. The molecule has 0 fully saturated rings. The minimum atomic E-state index is -3.57. The molecule has 0 atom stereocenters. The topological polar surface area (TPSA) is 72.5 Å². The van der Waals surface area contributed by atoms with Crippen LogP contribution in [-0.4, -0.2) is 34.0 Å². The molecule has 0 radical (unpaired) electrons. The number of hydrogen-bond donors (Lipinski definition) is 1. The average molecular weight is 299 g/mol. The molecule has 0 aliphatic carbocycles. The van der Waals surface area contributed by atoms with Crippen LogP contribution in [0.25, 0.3) is 0 Å². The van der Waals surface area contributed by atoms with Gasteiger partial charge in [0.1, 0.15) is 0 Å². The second-order valence-corrected chi connectivity index (χ2v) is 6.02. The van der Waals surface area contributed by atoms with Crippen molar-refractivity contribution in [3.8, 4) is 0 Å². The van der Waals surface area contributed by atoms with E-state index in [0.717, 1.165) is 0 Å². The van der Waals surface area contributed by atoms with E-state index in [0.29, 0.717) is 38.2 Å². The number of benzene rings is 1. The van der Waals surface area contributed by atoms with Crippen molar-refractivity contribution < 1.29 is 17.9 Å². The van der Waals surface area contributed by atoms with Gasteiger partial charge in [-0.2, -0.15) is 0 Å². The molecule has 1 N–H and O–H groups in total. The summed E-state index contributed by atoms with van der Waals surface area (Å²) in [5.74, 6) is -0.0709. The Bertz CT molecular complexity index is 540. The van der Waals surface area contributed by atoms with E-state index in [2.05, 4.69) is 4.72 Å². The Morgan fingerprint density at radius 2 is 2.05 bits per heavy atom. The second kappa shape index (κ2) is 8.14. The van der Waals surface area contributed by atoms with Gasteiger partial charge in [-0.1, -0.05) is 19.1 Å². The molecule has 0 amide bonds. The summed E-state index contributed by atoms with van der Waals surface area (Å²) in [6, 6.07) is 6.10. The largest absolute Gasteiger partial charge is 0.382 e. The van der Waals surface area contributed by atoms with Crippen LogP contribution in [0, 0.1) is 0 Å². The minimum absolute atomic E-state index is 0.0709. The summed E-state index contributed by atoms with van der Waals surface area (Å²) in [7, 11) is -3.57. The van der Waals surface area contributed by atoms with E-state index in [-0.39, 0.29) is 10.7 Å². The van der Waals surface area contributed by atoms with Crippen molar-refractivity contribution in [3.63, 3.8) is 0 Å². The summed E-state index contributed by atoms with van der Waals surface area (Å²) >= 11 is 0. The summed E-state index contributed by atoms with van der Waals surface area (Å²) in [4.78, 5) is 11.7. The van der Waals surface area contributed by atoms with Crippen LogP contribution in [0.4, 0.5) is 0 Å². The van der Waals surface area contributed by atoms with E-state index >= 15 is 0 Å². The summed E-state index contributed by atoms with van der Waals surface area (Å²) in [6.45, 7) is 5.09. The Morgan fingerprint density at radius 3 is 2.70 bits per heavy atom. The first-order valence-corrected chi connectivity index (χ1v) is 8.20. The molecule has 0 bridgehead atoms. The SMILES string of the molecule is CCOCCCNS(=O)(=O)c1cccc(C(=O)CC)c1. The van der Waals surface area contributed by atoms with Gasteiger partial charge >= 0.3 is 0 Å². The smallest absolute Gasteiger partial charge is 0.240 e. The fraction of sp³-hybridized carbons (Fsp3) is 0.500. The minimum Gasteiger partial charge on any atom is -0.382 e. The number of ketones is 1. The third-order valence-electron chi connectivity index (χ3n) is 2.75. The first-order valence-electron chi connectivity index (χ1n) is 6.72. The van der Waals surface area contributed by atoms with Crippen molar-refractivity contribution in [3.05, 3.63) is 29.8 Å². The van der Waals surface area contributed by atoms with Crippen molar-refractivity contribution in [2.75, 3.05) is 19.8 Å². The van der Waals surface area contributed by atoms with Gasteiger partial charge in [0.05, 0.1) is 4.90 Å². The maximum absolute atomic E-state index is 12.1. The molecule has 0 unspecified atom stereocenters. The molecule has 0 spiro atoms. The van der Waals surface area contributed by atoms with Gasteiger partial charge in [-0.3, -0.25) is 4.79 Å². The van der Waals surface area contributed by atoms with Gasteiger partial charge in [-0.15, -0.1) is 0 Å². The first kappa shape index (κ1) is 16.8. The van der Waals surface area contributed by atoms with Gasteiger partial charge in [-0.25, -0.2) is 13.1 Å². The third-order valence-corrected chi connectivity index (χ3v) is 4.21. The molecular weight excluding hydrogens is 278 g/mol. The standard InChI is InChI=1S/C14H21NO4S/c1-3-14(16)12-7-5-8-13(11-12)20(17,18)15-9-6-10-19-4-2/h5,7-8,11,15H,3-4,6,9-10H2,1-2H3. The van der Waals surface area contributed by atoms with Crippen LogP contribution < -0.4 is 4.72 Å². The van der Waals surface area contributed by atoms with E-state index in [9.17, 15) is 13.2 Å². The van der Waals surface area contributed by atoms with Gasteiger partial charge in [0.25, 0.3) is 0 Å². The van der Waals surface area contributed by atoms with Gasteiger partial charge < -0.3 is 4.74 Å². The van der Waals surface area contributed by atoms with Crippen LogP contribution in [0.15, 0.2) is 29.2 Å².